The minimum atomic E-state index is -0.523. The number of benzene rings is 1. The van der Waals surface area contributed by atoms with E-state index in [2.05, 4.69) is 27.1 Å². The highest BCUT2D eigenvalue weighted by Crippen LogP contribution is 2.20. The number of aromatic amines is 1. The fourth-order valence-electron chi connectivity index (χ4n) is 2.68. The molecule has 1 aliphatic heterocycles. The van der Waals surface area contributed by atoms with Gasteiger partial charge in [0.25, 0.3) is 11.5 Å². The highest BCUT2D eigenvalue weighted by molar-refractivity contribution is 6.04. The number of carbonyl (C=O) groups excluding carboxylic acids is 1. The number of anilines is 2. The molecule has 1 aliphatic rings. The lowest BCUT2D eigenvalue weighted by molar-refractivity contribution is 0.102. The molecule has 2 aromatic rings. The van der Waals surface area contributed by atoms with Crippen LogP contribution in [-0.4, -0.2) is 54.1 Å². The van der Waals surface area contributed by atoms with Crippen molar-refractivity contribution in [1.29, 1.82) is 0 Å². The van der Waals surface area contributed by atoms with Crippen molar-refractivity contribution < 1.29 is 9.90 Å². The molecule has 3 rings (SSSR count). The second kappa shape index (κ2) is 6.76. The third-order valence-corrected chi connectivity index (χ3v) is 4.09. The number of H-pyrrole nitrogens is 1. The van der Waals surface area contributed by atoms with E-state index in [9.17, 15) is 14.7 Å². The van der Waals surface area contributed by atoms with Crippen LogP contribution in [0.1, 0.15) is 10.4 Å². The molecule has 2 heterocycles. The van der Waals surface area contributed by atoms with Gasteiger partial charge in [-0.05, 0) is 31.3 Å². The molecule has 0 aliphatic carbocycles. The maximum absolute atomic E-state index is 12.2. The van der Waals surface area contributed by atoms with E-state index in [-0.39, 0.29) is 11.4 Å². The minimum Gasteiger partial charge on any atom is -0.494 e. The lowest BCUT2D eigenvalue weighted by atomic mass is 10.2. The van der Waals surface area contributed by atoms with Crippen LogP contribution in [0.25, 0.3) is 0 Å². The smallest absolute Gasteiger partial charge is 0.256 e. The molecule has 1 aromatic heterocycles. The number of nitrogens with zero attached hydrogens (tertiary/aromatic N) is 2. The van der Waals surface area contributed by atoms with E-state index in [0.29, 0.717) is 5.69 Å². The van der Waals surface area contributed by atoms with E-state index < -0.39 is 11.5 Å². The van der Waals surface area contributed by atoms with Gasteiger partial charge in [-0.15, -0.1) is 0 Å². The lowest BCUT2D eigenvalue weighted by Crippen LogP contribution is -2.44. The molecule has 3 N–H and O–H groups in total. The van der Waals surface area contributed by atoms with Crippen molar-refractivity contribution in [1.82, 2.24) is 9.88 Å². The number of hydrogen-bond acceptors (Lipinski definition) is 5. The van der Waals surface area contributed by atoms with Crippen molar-refractivity contribution in [2.75, 3.05) is 43.4 Å². The Morgan fingerprint density at radius 2 is 1.79 bits per heavy atom. The van der Waals surface area contributed by atoms with E-state index in [0.717, 1.165) is 37.9 Å². The summed E-state index contributed by atoms with van der Waals surface area (Å²) in [5.41, 5.74) is 1.34. The minimum absolute atomic E-state index is 0.111. The summed E-state index contributed by atoms with van der Waals surface area (Å²) in [4.78, 5) is 30.2. The summed E-state index contributed by atoms with van der Waals surface area (Å²) in [6.07, 6.45) is 0. The van der Waals surface area contributed by atoms with Crippen LogP contribution in [0.5, 0.6) is 5.88 Å². The second-order valence-electron chi connectivity index (χ2n) is 5.91. The number of hydrogen-bond donors (Lipinski definition) is 3. The lowest BCUT2D eigenvalue weighted by Gasteiger charge is -2.34. The SMILES string of the molecule is CN1CCN(c2ccc(NC(=O)c3cc(O)[nH]c(=O)c3)cc2)CC1. The molecular formula is C17H20N4O3. The topological polar surface area (TPSA) is 88.7 Å². The Bertz CT molecular complexity index is 777. The first kappa shape index (κ1) is 16.1. The number of likely N-dealkylation sites (N-methyl/N-ethyl adjacent to an activating group) is 1. The van der Waals surface area contributed by atoms with Gasteiger partial charge >= 0.3 is 0 Å². The van der Waals surface area contributed by atoms with Crippen LogP contribution in [-0.2, 0) is 0 Å². The summed E-state index contributed by atoms with van der Waals surface area (Å²) in [5, 5.41) is 12.1. The Balaban J connectivity index is 1.67. The zero-order valence-electron chi connectivity index (χ0n) is 13.5. The molecule has 0 spiro atoms. The Labute approximate surface area is 139 Å². The largest absolute Gasteiger partial charge is 0.494 e. The average Bonchev–Trinajstić information content (AvgIpc) is 2.55. The quantitative estimate of drug-likeness (QED) is 0.785. The summed E-state index contributed by atoms with van der Waals surface area (Å²) in [7, 11) is 2.11. The van der Waals surface area contributed by atoms with Crippen LogP contribution in [0, 0.1) is 0 Å². The van der Waals surface area contributed by atoms with E-state index in [1.807, 2.05) is 24.3 Å². The Morgan fingerprint density at radius 1 is 1.12 bits per heavy atom. The van der Waals surface area contributed by atoms with Gasteiger partial charge in [0.15, 0.2) is 5.88 Å². The fraction of sp³-hybridized carbons (Fsp3) is 0.294. The van der Waals surface area contributed by atoms with E-state index in [1.165, 1.54) is 6.07 Å². The van der Waals surface area contributed by atoms with Gasteiger partial charge in [-0.3, -0.25) is 14.6 Å². The van der Waals surface area contributed by atoms with Crippen molar-refractivity contribution >= 4 is 17.3 Å². The molecule has 1 fully saturated rings. The van der Waals surface area contributed by atoms with Gasteiger partial charge in [-0.25, -0.2) is 0 Å². The Kier molecular flexibility index (Phi) is 4.52. The second-order valence-corrected chi connectivity index (χ2v) is 5.91. The van der Waals surface area contributed by atoms with E-state index >= 15 is 0 Å². The first-order valence-corrected chi connectivity index (χ1v) is 7.79. The fourth-order valence-corrected chi connectivity index (χ4v) is 2.68. The summed E-state index contributed by atoms with van der Waals surface area (Å²) in [6, 6.07) is 9.96. The predicted octanol–water partition coefficient (Wildman–Crippen LogP) is 1.08. The number of rotatable bonds is 3. The Hall–Kier alpha value is -2.80. The van der Waals surface area contributed by atoms with Crippen molar-refractivity contribution in [2.45, 2.75) is 0 Å². The zero-order valence-corrected chi connectivity index (χ0v) is 13.5. The van der Waals surface area contributed by atoms with Gasteiger partial charge in [-0.1, -0.05) is 0 Å². The predicted molar refractivity (Wildman–Crippen MR) is 92.8 cm³/mol. The van der Waals surface area contributed by atoms with Gasteiger partial charge in [0.2, 0.25) is 0 Å². The number of carbonyl (C=O) groups is 1. The number of amides is 1. The zero-order chi connectivity index (χ0) is 17.1. The molecule has 24 heavy (non-hydrogen) atoms. The normalized spacial score (nSPS) is 15.3. The molecule has 0 bridgehead atoms. The van der Waals surface area contributed by atoms with Gasteiger partial charge in [-0.2, -0.15) is 0 Å². The van der Waals surface area contributed by atoms with Gasteiger partial charge < -0.3 is 20.2 Å². The third-order valence-electron chi connectivity index (χ3n) is 4.09. The summed E-state index contributed by atoms with van der Waals surface area (Å²) in [6.45, 7) is 4.03. The standard InChI is InChI=1S/C17H20N4O3/c1-20-6-8-21(9-7-20)14-4-2-13(3-5-14)18-17(24)12-10-15(22)19-16(23)11-12/h2-5,10-11H,6-9H2,1H3,(H,18,24)(H2,19,22,23). The molecule has 1 saturated heterocycles. The summed E-state index contributed by atoms with van der Waals surface area (Å²) >= 11 is 0. The number of nitrogens with one attached hydrogen (secondary N) is 2. The molecule has 0 unspecified atom stereocenters. The monoisotopic (exact) mass is 328 g/mol. The van der Waals surface area contributed by atoms with Crippen molar-refractivity contribution in [2.24, 2.45) is 0 Å². The Morgan fingerprint density at radius 3 is 2.42 bits per heavy atom. The molecular weight excluding hydrogens is 308 g/mol. The number of pyridine rings is 1. The molecule has 126 valence electrons. The molecule has 0 atom stereocenters. The number of aromatic nitrogens is 1. The van der Waals surface area contributed by atoms with E-state index in [4.69, 9.17) is 0 Å². The molecule has 7 heteroatoms. The molecule has 0 radical (unpaired) electrons. The maximum atomic E-state index is 12.2. The van der Waals surface area contributed by atoms with Gasteiger partial charge in [0.1, 0.15) is 0 Å². The third kappa shape index (κ3) is 3.75. The van der Waals surface area contributed by atoms with Crippen LogP contribution in [0.4, 0.5) is 11.4 Å². The first-order valence-electron chi connectivity index (χ1n) is 7.79. The van der Waals surface area contributed by atoms with Crippen LogP contribution in [0.15, 0.2) is 41.2 Å². The van der Waals surface area contributed by atoms with Crippen LogP contribution < -0.4 is 15.8 Å². The molecule has 1 amide bonds. The maximum Gasteiger partial charge on any atom is 0.256 e. The number of piperazine rings is 1. The van der Waals surface area contributed by atoms with Crippen molar-refractivity contribution in [3.8, 4) is 5.88 Å². The van der Waals surface area contributed by atoms with Crippen molar-refractivity contribution in [3.63, 3.8) is 0 Å². The van der Waals surface area contributed by atoms with Crippen LogP contribution in [0.3, 0.4) is 0 Å². The van der Waals surface area contributed by atoms with E-state index in [1.54, 1.807) is 0 Å². The van der Waals surface area contributed by atoms with Gasteiger partial charge in [0.05, 0.1) is 5.56 Å². The molecule has 1 aromatic carbocycles. The van der Waals surface area contributed by atoms with Crippen molar-refractivity contribution in [3.05, 3.63) is 52.3 Å². The highest BCUT2D eigenvalue weighted by atomic mass is 16.3. The molecule has 0 saturated carbocycles. The summed E-state index contributed by atoms with van der Waals surface area (Å²) in [5.74, 6) is -0.776. The van der Waals surface area contributed by atoms with Gasteiger partial charge in [0, 0.05) is 49.7 Å². The summed E-state index contributed by atoms with van der Waals surface area (Å²) < 4.78 is 0. The van der Waals surface area contributed by atoms with Crippen LogP contribution in [0.2, 0.25) is 0 Å². The molecule has 7 nitrogen and oxygen atoms in total. The number of aromatic hydroxyl groups is 1. The van der Waals surface area contributed by atoms with Crippen LogP contribution >= 0.6 is 0 Å². The first-order chi connectivity index (χ1) is 11.5. The average molecular weight is 328 g/mol. The highest BCUT2D eigenvalue weighted by Gasteiger charge is 2.14.